The highest BCUT2D eigenvalue weighted by atomic mass is 16.5. The van der Waals surface area contributed by atoms with Crippen LogP contribution in [0.1, 0.15) is 5.56 Å². The zero-order chi connectivity index (χ0) is 23.2. The van der Waals surface area contributed by atoms with Crippen LogP contribution in [0.15, 0.2) is 67.0 Å². The molecule has 0 atom stereocenters. The first-order chi connectivity index (χ1) is 16.1. The Balaban J connectivity index is 1.45. The molecule has 0 saturated heterocycles. The Kier molecular flexibility index (Phi) is 6.54. The van der Waals surface area contributed by atoms with Gasteiger partial charge in [0.05, 0.1) is 33.3 Å². The maximum atomic E-state index is 12.4. The SMILES string of the molecule is COc1ccc(CC(=O)Nc2ccc(Nc3ncnc4cc(OC)c(OC)cc34)cc2)cc1. The fourth-order valence-electron chi connectivity index (χ4n) is 3.39. The number of nitrogens with zero attached hydrogens (tertiary/aromatic N) is 2. The van der Waals surface area contributed by atoms with Crippen LogP contribution in [0.5, 0.6) is 17.2 Å². The molecule has 0 aliphatic rings. The van der Waals surface area contributed by atoms with E-state index in [9.17, 15) is 4.79 Å². The number of amides is 1. The van der Waals surface area contributed by atoms with Gasteiger partial charge in [-0.1, -0.05) is 12.1 Å². The molecule has 0 radical (unpaired) electrons. The van der Waals surface area contributed by atoms with Crippen molar-refractivity contribution >= 4 is 34.0 Å². The molecular weight excluding hydrogens is 420 g/mol. The van der Waals surface area contributed by atoms with E-state index in [0.717, 1.165) is 27.9 Å². The highest BCUT2D eigenvalue weighted by molar-refractivity contribution is 5.94. The predicted octanol–water partition coefficient (Wildman–Crippen LogP) is 4.58. The summed E-state index contributed by atoms with van der Waals surface area (Å²) in [4.78, 5) is 21.1. The zero-order valence-electron chi connectivity index (χ0n) is 18.6. The molecular formula is C25H24N4O4. The van der Waals surface area contributed by atoms with Gasteiger partial charge < -0.3 is 24.8 Å². The number of methoxy groups -OCH3 is 3. The highest BCUT2D eigenvalue weighted by Gasteiger charge is 2.11. The summed E-state index contributed by atoms with van der Waals surface area (Å²) < 4.78 is 15.9. The minimum Gasteiger partial charge on any atom is -0.497 e. The van der Waals surface area contributed by atoms with Gasteiger partial charge in [0.2, 0.25) is 5.91 Å². The van der Waals surface area contributed by atoms with Gasteiger partial charge in [0.15, 0.2) is 11.5 Å². The summed E-state index contributed by atoms with van der Waals surface area (Å²) >= 11 is 0. The Labute approximate surface area is 191 Å². The van der Waals surface area contributed by atoms with Crippen LogP contribution in [0.3, 0.4) is 0 Å². The number of benzene rings is 3. The van der Waals surface area contributed by atoms with Crippen LogP contribution in [-0.4, -0.2) is 37.2 Å². The van der Waals surface area contributed by atoms with Gasteiger partial charge >= 0.3 is 0 Å². The normalized spacial score (nSPS) is 10.5. The molecule has 0 aliphatic carbocycles. The number of rotatable bonds is 8. The monoisotopic (exact) mass is 444 g/mol. The summed E-state index contributed by atoms with van der Waals surface area (Å²) in [6.45, 7) is 0. The molecule has 0 fully saturated rings. The third-order valence-electron chi connectivity index (χ3n) is 5.10. The van der Waals surface area contributed by atoms with Gasteiger partial charge in [-0.15, -0.1) is 0 Å². The molecule has 0 saturated carbocycles. The lowest BCUT2D eigenvalue weighted by molar-refractivity contribution is -0.115. The van der Waals surface area contributed by atoms with Crippen LogP contribution in [0.2, 0.25) is 0 Å². The molecule has 1 amide bonds. The van der Waals surface area contributed by atoms with E-state index in [1.165, 1.54) is 6.33 Å². The maximum Gasteiger partial charge on any atom is 0.228 e. The van der Waals surface area contributed by atoms with Crippen LogP contribution >= 0.6 is 0 Å². The Bertz CT molecular complexity index is 1260. The third-order valence-corrected chi connectivity index (χ3v) is 5.10. The van der Waals surface area contributed by atoms with Crippen molar-refractivity contribution in [2.45, 2.75) is 6.42 Å². The van der Waals surface area contributed by atoms with Crippen molar-refractivity contribution in [3.63, 3.8) is 0 Å². The quantitative estimate of drug-likeness (QED) is 0.411. The number of hydrogen-bond acceptors (Lipinski definition) is 7. The Morgan fingerprint density at radius 3 is 2.15 bits per heavy atom. The number of ether oxygens (including phenoxy) is 3. The van der Waals surface area contributed by atoms with Crippen LogP contribution in [-0.2, 0) is 11.2 Å². The smallest absolute Gasteiger partial charge is 0.228 e. The van der Waals surface area contributed by atoms with Gasteiger partial charge in [-0.05, 0) is 48.0 Å². The maximum absolute atomic E-state index is 12.4. The Morgan fingerprint density at radius 1 is 0.818 bits per heavy atom. The lowest BCUT2D eigenvalue weighted by Crippen LogP contribution is -2.14. The van der Waals surface area contributed by atoms with Gasteiger partial charge in [-0.3, -0.25) is 4.79 Å². The Morgan fingerprint density at radius 2 is 1.48 bits per heavy atom. The summed E-state index contributed by atoms with van der Waals surface area (Å²) in [6, 6.07) is 18.5. The van der Waals surface area contributed by atoms with Gasteiger partial charge in [0.25, 0.3) is 0 Å². The molecule has 8 nitrogen and oxygen atoms in total. The van der Waals surface area contributed by atoms with Crippen LogP contribution in [0, 0.1) is 0 Å². The van der Waals surface area contributed by atoms with E-state index in [1.54, 1.807) is 21.3 Å². The average Bonchev–Trinajstić information content (AvgIpc) is 2.85. The highest BCUT2D eigenvalue weighted by Crippen LogP contribution is 2.34. The van der Waals surface area contributed by atoms with E-state index >= 15 is 0 Å². The fourth-order valence-corrected chi connectivity index (χ4v) is 3.39. The van der Waals surface area contributed by atoms with Crippen molar-refractivity contribution in [2.75, 3.05) is 32.0 Å². The van der Waals surface area contributed by atoms with Gasteiger partial charge in [-0.25, -0.2) is 9.97 Å². The number of aromatic nitrogens is 2. The first-order valence-electron chi connectivity index (χ1n) is 10.3. The number of carbonyl (C=O) groups is 1. The summed E-state index contributed by atoms with van der Waals surface area (Å²) in [5.41, 5.74) is 3.16. The molecule has 0 aliphatic heterocycles. The number of nitrogens with one attached hydrogen (secondary N) is 2. The Hall–Kier alpha value is -4.33. The molecule has 4 aromatic rings. The summed E-state index contributed by atoms with van der Waals surface area (Å²) in [6.07, 6.45) is 1.77. The van der Waals surface area contributed by atoms with E-state index in [1.807, 2.05) is 60.7 Å². The second-order valence-electron chi connectivity index (χ2n) is 7.22. The summed E-state index contributed by atoms with van der Waals surface area (Å²) in [5.74, 6) is 2.50. The van der Waals surface area contributed by atoms with Crippen molar-refractivity contribution in [3.8, 4) is 17.2 Å². The molecule has 1 heterocycles. The minimum atomic E-state index is -0.0938. The lowest BCUT2D eigenvalue weighted by Gasteiger charge is -2.12. The second-order valence-corrected chi connectivity index (χ2v) is 7.22. The molecule has 4 rings (SSSR count). The summed E-state index contributed by atoms with van der Waals surface area (Å²) in [5, 5.41) is 7.01. The van der Waals surface area contributed by atoms with E-state index in [4.69, 9.17) is 14.2 Å². The van der Waals surface area contributed by atoms with Crippen molar-refractivity contribution in [2.24, 2.45) is 0 Å². The molecule has 168 valence electrons. The van der Waals surface area contributed by atoms with Gasteiger partial charge in [-0.2, -0.15) is 0 Å². The van der Waals surface area contributed by atoms with Crippen molar-refractivity contribution in [3.05, 3.63) is 72.6 Å². The molecule has 0 bridgehead atoms. The van der Waals surface area contributed by atoms with Crippen molar-refractivity contribution in [1.29, 1.82) is 0 Å². The summed E-state index contributed by atoms with van der Waals surface area (Å²) in [7, 11) is 4.78. The standard InChI is InChI=1S/C25H24N4O4/c1-31-19-10-4-16(5-11-19)12-24(30)28-17-6-8-18(9-7-17)29-25-20-13-22(32-2)23(33-3)14-21(20)26-15-27-25/h4-11,13-15H,12H2,1-3H3,(H,28,30)(H,26,27,29). The predicted molar refractivity (Wildman–Crippen MR) is 128 cm³/mol. The molecule has 2 N–H and O–H groups in total. The van der Waals surface area contributed by atoms with Crippen LogP contribution in [0.25, 0.3) is 10.9 Å². The number of hydrogen-bond donors (Lipinski definition) is 2. The number of carbonyl (C=O) groups excluding carboxylic acids is 1. The van der Waals surface area contributed by atoms with Crippen molar-refractivity contribution < 1.29 is 19.0 Å². The first kappa shape index (κ1) is 21.9. The third kappa shape index (κ3) is 5.12. The molecule has 3 aromatic carbocycles. The second kappa shape index (κ2) is 9.86. The molecule has 1 aromatic heterocycles. The minimum absolute atomic E-state index is 0.0938. The van der Waals surface area contributed by atoms with E-state index < -0.39 is 0 Å². The van der Waals surface area contributed by atoms with E-state index in [0.29, 0.717) is 23.0 Å². The first-order valence-corrected chi connectivity index (χ1v) is 10.3. The van der Waals surface area contributed by atoms with E-state index in [-0.39, 0.29) is 12.3 Å². The van der Waals surface area contributed by atoms with E-state index in [2.05, 4.69) is 20.6 Å². The topological polar surface area (TPSA) is 94.6 Å². The largest absolute Gasteiger partial charge is 0.497 e. The molecule has 0 unspecified atom stereocenters. The molecule has 8 heteroatoms. The van der Waals surface area contributed by atoms with Gasteiger partial charge in [0, 0.05) is 22.8 Å². The lowest BCUT2D eigenvalue weighted by atomic mass is 10.1. The zero-order valence-corrected chi connectivity index (χ0v) is 18.6. The molecule has 0 spiro atoms. The number of anilines is 3. The fraction of sp³-hybridized carbons (Fsp3) is 0.160. The van der Waals surface area contributed by atoms with Crippen molar-refractivity contribution in [1.82, 2.24) is 9.97 Å². The number of fused-ring (bicyclic) bond motifs is 1. The molecule has 33 heavy (non-hydrogen) atoms. The van der Waals surface area contributed by atoms with Crippen LogP contribution < -0.4 is 24.8 Å². The average molecular weight is 444 g/mol. The van der Waals surface area contributed by atoms with Crippen LogP contribution in [0.4, 0.5) is 17.2 Å². The van der Waals surface area contributed by atoms with Gasteiger partial charge in [0.1, 0.15) is 17.9 Å².